The van der Waals surface area contributed by atoms with Gasteiger partial charge in [0.15, 0.2) is 5.65 Å². The summed E-state index contributed by atoms with van der Waals surface area (Å²) in [6, 6.07) is 13.6. The van der Waals surface area contributed by atoms with Gasteiger partial charge in [-0.2, -0.15) is 18.3 Å². The number of fused-ring (bicyclic) bond motifs is 1. The summed E-state index contributed by atoms with van der Waals surface area (Å²) < 4.78 is 41.8. The number of carbonyl (C=O) groups excluding carboxylic acids is 1. The van der Waals surface area contributed by atoms with Crippen LogP contribution in [-0.4, -0.2) is 77.7 Å². The Balaban J connectivity index is 1.23. The molecular formula is C28H30F3N7O. The first-order chi connectivity index (χ1) is 18.7. The van der Waals surface area contributed by atoms with E-state index in [-0.39, 0.29) is 30.2 Å². The molecule has 4 aromatic rings. The van der Waals surface area contributed by atoms with Crippen LogP contribution in [-0.2, 0) is 17.5 Å². The number of aromatic amines is 1. The molecule has 0 saturated carbocycles. The predicted molar refractivity (Wildman–Crippen MR) is 145 cm³/mol. The van der Waals surface area contributed by atoms with Crippen molar-refractivity contribution in [1.29, 1.82) is 0 Å². The van der Waals surface area contributed by atoms with Gasteiger partial charge in [-0.25, -0.2) is 4.98 Å². The maximum absolute atomic E-state index is 13.9. The second-order valence-corrected chi connectivity index (χ2v) is 9.83. The zero-order chi connectivity index (χ0) is 27.6. The van der Waals surface area contributed by atoms with Crippen LogP contribution in [0, 0.1) is 0 Å². The average Bonchev–Trinajstić information content (AvgIpc) is 3.40. The van der Waals surface area contributed by atoms with Gasteiger partial charge >= 0.3 is 6.18 Å². The third-order valence-electron chi connectivity index (χ3n) is 7.10. The predicted octanol–water partition coefficient (Wildman–Crippen LogP) is 4.47. The van der Waals surface area contributed by atoms with E-state index >= 15 is 0 Å². The lowest BCUT2D eigenvalue weighted by molar-refractivity contribution is -0.138. The third-order valence-corrected chi connectivity index (χ3v) is 7.10. The second-order valence-electron chi connectivity index (χ2n) is 9.83. The number of hydrogen-bond acceptors (Lipinski definition) is 6. The number of nitrogens with zero attached hydrogens (tertiary/aromatic N) is 5. The lowest BCUT2D eigenvalue weighted by atomic mass is 10.0. The lowest BCUT2D eigenvalue weighted by Gasteiger charge is -2.33. The number of alkyl halides is 3. The van der Waals surface area contributed by atoms with Crippen molar-refractivity contribution in [3.63, 3.8) is 0 Å². The average molecular weight is 538 g/mol. The fraction of sp³-hybridized carbons (Fsp3) is 0.321. The van der Waals surface area contributed by atoms with E-state index in [9.17, 15) is 18.0 Å². The van der Waals surface area contributed by atoms with Crippen molar-refractivity contribution in [2.75, 3.05) is 57.0 Å². The summed E-state index contributed by atoms with van der Waals surface area (Å²) in [5.74, 6) is -0.353. The first-order valence-corrected chi connectivity index (χ1v) is 12.7. The van der Waals surface area contributed by atoms with E-state index in [1.54, 1.807) is 18.5 Å². The van der Waals surface area contributed by atoms with Crippen LogP contribution < -0.4 is 10.2 Å². The molecule has 0 atom stereocenters. The Labute approximate surface area is 224 Å². The number of likely N-dealkylation sites (N-methyl/N-ethyl adjacent to an activating group) is 2. The first kappa shape index (κ1) is 26.6. The molecule has 1 aliphatic rings. The Bertz CT molecular complexity index is 1440. The van der Waals surface area contributed by atoms with Crippen molar-refractivity contribution in [1.82, 2.24) is 25.0 Å². The molecule has 204 valence electrons. The van der Waals surface area contributed by atoms with E-state index in [1.807, 2.05) is 42.3 Å². The number of benzene rings is 2. The molecule has 8 nitrogen and oxygen atoms in total. The van der Waals surface area contributed by atoms with E-state index < -0.39 is 11.7 Å². The van der Waals surface area contributed by atoms with Crippen molar-refractivity contribution in [2.45, 2.75) is 12.7 Å². The fourth-order valence-corrected chi connectivity index (χ4v) is 4.64. The van der Waals surface area contributed by atoms with Crippen LogP contribution in [0.3, 0.4) is 0 Å². The van der Waals surface area contributed by atoms with Crippen LogP contribution in [0.2, 0.25) is 0 Å². The van der Waals surface area contributed by atoms with Crippen LogP contribution in [0.15, 0.2) is 60.9 Å². The van der Waals surface area contributed by atoms with Crippen molar-refractivity contribution in [3.05, 3.63) is 72.1 Å². The Morgan fingerprint density at radius 2 is 1.77 bits per heavy atom. The van der Waals surface area contributed by atoms with Gasteiger partial charge in [-0.3, -0.25) is 14.8 Å². The van der Waals surface area contributed by atoms with Crippen LogP contribution in [0.5, 0.6) is 0 Å². The van der Waals surface area contributed by atoms with E-state index in [1.165, 1.54) is 18.0 Å². The number of pyridine rings is 1. The Morgan fingerprint density at radius 1 is 1.03 bits per heavy atom. The summed E-state index contributed by atoms with van der Waals surface area (Å²) in [5, 5.41) is 10.8. The van der Waals surface area contributed by atoms with Gasteiger partial charge in [0.2, 0.25) is 5.91 Å². The first-order valence-electron chi connectivity index (χ1n) is 12.7. The number of piperazine rings is 1. The normalized spacial score (nSPS) is 15.0. The topological polar surface area (TPSA) is 80.4 Å². The SMILES string of the molecule is CN1CCN(Cc2ccc(N(C)C(=O)CNc3ccc(-c4cnc5[nH]ncc5c4)cc3)cc2C(F)(F)F)CC1. The Hall–Kier alpha value is -3.96. The zero-order valence-corrected chi connectivity index (χ0v) is 21.8. The monoisotopic (exact) mass is 537 g/mol. The molecule has 0 aliphatic carbocycles. The van der Waals surface area contributed by atoms with Crippen LogP contribution in [0.25, 0.3) is 22.2 Å². The second kappa shape index (κ2) is 11.0. The molecule has 11 heteroatoms. The largest absolute Gasteiger partial charge is 0.416 e. The number of carbonyl (C=O) groups is 1. The van der Waals surface area contributed by atoms with Gasteiger partial charge in [0.25, 0.3) is 0 Å². The van der Waals surface area contributed by atoms with Crippen molar-refractivity contribution >= 4 is 28.3 Å². The summed E-state index contributed by atoms with van der Waals surface area (Å²) >= 11 is 0. The van der Waals surface area contributed by atoms with Gasteiger partial charge in [0, 0.05) is 68.3 Å². The Morgan fingerprint density at radius 3 is 2.49 bits per heavy atom. The van der Waals surface area contributed by atoms with E-state index in [0.29, 0.717) is 5.65 Å². The number of H-pyrrole nitrogens is 1. The minimum Gasteiger partial charge on any atom is -0.376 e. The number of aromatic nitrogens is 3. The highest BCUT2D eigenvalue weighted by atomic mass is 19.4. The molecule has 1 aliphatic heterocycles. The van der Waals surface area contributed by atoms with E-state index in [4.69, 9.17) is 0 Å². The summed E-state index contributed by atoms with van der Waals surface area (Å²) in [6.07, 6.45) is -1.05. The lowest BCUT2D eigenvalue weighted by Crippen LogP contribution is -2.44. The summed E-state index contributed by atoms with van der Waals surface area (Å²) in [6.45, 7) is 3.25. The molecule has 2 aromatic carbocycles. The molecule has 0 radical (unpaired) electrons. The summed E-state index contributed by atoms with van der Waals surface area (Å²) in [5.41, 5.74) is 3.04. The minimum absolute atomic E-state index is 0.0667. The van der Waals surface area contributed by atoms with Gasteiger partial charge in [0.1, 0.15) is 0 Å². The molecule has 1 amide bonds. The molecule has 3 heterocycles. The number of hydrogen-bond donors (Lipinski definition) is 2. The molecular weight excluding hydrogens is 507 g/mol. The number of amides is 1. The standard InChI is InChI=1S/C28H30F3N7O/c1-36-9-11-38(12-10-36)18-20-5-8-24(14-25(20)28(29,30)31)37(2)26(39)17-32-23-6-3-19(4-7-23)21-13-22-16-34-35-27(22)33-15-21/h3-8,13-16,32H,9-12,17-18H2,1-2H3,(H,33,34,35). The summed E-state index contributed by atoms with van der Waals surface area (Å²) in [7, 11) is 3.49. The van der Waals surface area contributed by atoms with Crippen molar-refractivity contribution < 1.29 is 18.0 Å². The minimum atomic E-state index is -4.51. The van der Waals surface area contributed by atoms with Crippen molar-refractivity contribution in [3.8, 4) is 11.1 Å². The smallest absolute Gasteiger partial charge is 0.376 e. The number of halogens is 3. The van der Waals surface area contributed by atoms with Crippen LogP contribution in [0.4, 0.5) is 24.5 Å². The number of rotatable bonds is 7. The highest BCUT2D eigenvalue weighted by Gasteiger charge is 2.34. The molecule has 2 aromatic heterocycles. The maximum Gasteiger partial charge on any atom is 0.416 e. The molecule has 0 spiro atoms. The van der Waals surface area contributed by atoms with Crippen LogP contribution in [0.1, 0.15) is 11.1 Å². The van der Waals surface area contributed by atoms with Gasteiger partial charge in [-0.05, 0) is 48.5 Å². The number of anilines is 2. The molecule has 1 saturated heterocycles. The van der Waals surface area contributed by atoms with Gasteiger partial charge in [-0.15, -0.1) is 0 Å². The van der Waals surface area contributed by atoms with Gasteiger partial charge in [0.05, 0.1) is 18.3 Å². The highest BCUT2D eigenvalue weighted by Crippen LogP contribution is 2.35. The highest BCUT2D eigenvalue weighted by molar-refractivity contribution is 5.95. The quantitative estimate of drug-likeness (QED) is 0.362. The third kappa shape index (κ3) is 6.21. The van der Waals surface area contributed by atoms with Gasteiger partial charge < -0.3 is 15.1 Å². The molecule has 5 rings (SSSR count). The van der Waals surface area contributed by atoms with E-state index in [2.05, 4.69) is 25.4 Å². The van der Waals surface area contributed by atoms with Crippen LogP contribution >= 0.6 is 0 Å². The molecule has 0 unspecified atom stereocenters. The van der Waals surface area contributed by atoms with Gasteiger partial charge in [-0.1, -0.05) is 18.2 Å². The van der Waals surface area contributed by atoms with E-state index in [0.717, 1.165) is 54.4 Å². The number of nitrogens with one attached hydrogen (secondary N) is 2. The van der Waals surface area contributed by atoms with Crippen molar-refractivity contribution in [2.24, 2.45) is 0 Å². The summed E-state index contributed by atoms with van der Waals surface area (Å²) in [4.78, 5) is 22.6. The Kier molecular flexibility index (Phi) is 7.53. The fourth-order valence-electron chi connectivity index (χ4n) is 4.64. The maximum atomic E-state index is 13.9. The molecule has 2 N–H and O–H groups in total. The molecule has 0 bridgehead atoms. The molecule has 39 heavy (non-hydrogen) atoms. The zero-order valence-electron chi connectivity index (χ0n) is 21.8. The molecule has 1 fully saturated rings.